The van der Waals surface area contributed by atoms with Crippen LogP contribution in [0, 0.1) is 11.7 Å². The molecule has 1 heterocycles. The number of para-hydroxylation sites is 1. The molecule has 0 radical (unpaired) electrons. The highest BCUT2D eigenvalue weighted by molar-refractivity contribution is 6.00. The van der Waals surface area contributed by atoms with E-state index in [9.17, 15) is 14.0 Å². The van der Waals surface area contributed by atoms with E-state index >= 15 is 0 Å². The number of benzene rings is 1. The molecule has 1 atom stereocenters. The molecule has 16 heavy (non-hydrogen) atoms. The van der Waals surface area contributed by atoms with Crippen LogP contribution in [0.2, 0.25) is 0 Å². The van der Waals surface area contributed by atoms with E-state index in [-0.39, 0.29) is 24.6 Å². The molecule has 2 N–H and O–H groups in total. The van der Waals surface area contributed by atoms with Crippen LogP contribution < -0.4 is 10.6 Å². The van der Waals surface area contributed by atoms with Crippen molar-refractivity contribution in [2.24, 2.45) is 11.7 Å². The van der Waals surface area contributed by atoms with Crippen molar-refractivity contribution in [3.05, 3.63) is 30.1 Å². The molecule has 1 aliphatic rings. The first-order valence-corrected chi connectivity index (χ1v) is 4.94. The van der Waals surface area contributed by atoms with Crippen molar-refractivity contribution in [2.45, 2.75) is 6.42 Å². The van der Waals surface area contributed by atoms with E-state index in [0.29, 0.717) is 0 Å². The smallest absolute Gasteiger partial charge is 0.227 e. The third-order valence-electron chi connectivity index (χ3n) is 2.67. The highest BCUT2D eigenvalue weighted by Crippen LogP contribution is 2.26. The van der Waals surface area contributed by atoms with E-state index in [1.54, 1.807) is 12.1 Å². The van der Waals surface area contributed by atoms with Gasteiger partial charge in [0.2, 0.25) is 11.8 Å². The average molecular weight is 222 g/mol. The van der Waals surface area contributed by atoms with Crippen LogP contribution in [0.5, 0.6) is 0 Å². The number of anilines is 1. The van der Waals surface area contributed by atoms with Gasteiger partial charge in [-0.2, -0.15) is 0 Å². The number of primary amides is 1. The molecule has 1 aromatic rings. The Bertz CT molecular complexity index is 447. The summed E-state index contributed by atoms with van der Waals surface area (Å²) >= 11 is 0. The van der Waals surface area contributed by atoms with Gasteiger partial charge in [0, 0.05) is 13.0 Å². The zero-order chi connectivity index (χ0) is 11.7. The molecule has 1 fully saturated rings. The van der Waals surface area contributed by atoms with Crippen LogP contribution in [0.4, 0.5) is 10.1 Å². The number of amides is 2. The Balaban J connectivity index is 2.27. The van der Waals surface area contributed by atoms with E-state index in [2.05, 4.69) is 0 Å². The normalized spacial score (nSPS) is 20.2. The van der Waals surface area contributed by atoms with Crippen LogP contribution >= 0.6 is 0 Å². The highest BCUT2D eigenvalue weighted by Gasteiger charge is 2.34. The zero-order valence-corrected chi connectivity index (χ0v) is 8.52. The summed E-state index contributed by atoms with van der Waals surface area (Å²) in [7, 11) is 0. The maximum atomic E-state index is 13.4. The largest absolute Gasteiger partial charge is 0.369 e. The van der Waals surface area contributed by atoms with Gasteiger partial charge in [-0.05, 0) is 12.1 Å². The molecule has 2 rings (SSSR count). The average Bonchev–Trinajstić information content (AvgIpc) is 2.61. The molecule has 4 nitrogen and oxygen atoms in total. The molecule has 1 aromatic carbocycles. The number of nitrogens with zero attached hydrogens (tertiary/aromatic N) is 1. The molecule has 1 aliphatic heterocycles. The number of rotatable bonds is 2. The third kappa shape index (κ3) is 1.76. The molecule has 1 saturated heterocycles. The fraction of sp³-hybridized carbons (Fsp3) is 0.273. The van der Waals surface area contributed by atoms with Crippen molar-refractivity contribution >= 4 is 17.5 Å². The Morgan fingerprint density at radius 1 is 1.44 bits per heavy atom. The van der Waals surface area contributed by atoms with Gasteiger partial charge < -0.3 is 10.6 Å². The van der Waals surface area contributed by atoms with Crippen LogP contribution in [0.3, 0.4) is 0 Å². The molecular formula is C11H11FN2O2. The molecule has 0 aromatic heterocycles. The summed E-state index contributed by atoms with van der Waals surface area (Å²) in [6.07, 6.45) is 0.0592. The number of hydrogen-bond donors (Lipinski definition) is 1. The lowest BCUT2D eigenvalue weighted by Gasteiger charge is -2.16. The second-order valence-corrected chi connectivity index (χ2v) is 3.76. The van der Waals surface area contributed by atoms with Crippen molar-refractivity contribution in [1.82, 2.24) is 0 Å². The van der Waals surface area contributed by atoms with Gasteiger partial charge >= 0.3 is 0 Å². The van der Waals surface area contributed by atoms with Crippen LogP contribution in [-0.2, 0) is 9.59 Å². The molecule has 5 heteroatoms. The Hall–Kier alpha value is -1.91. The second-order valence-electron chi connectivity index (χ2n) is 3.76. The summed E-state index contributed by atoms with van der Waals surface area (Å²) in [6, 6.07) is 5.98. The van der Waals surface area contributed by atoms with Crippen molar-refractivity contribution < 1.29 is 14.0 Å². The molecule has 0 bridgehead atoms. The second kappa shape index (κ2) is 3.92. The van der Waals surface area contributed by atoms with Gasteiger partial charge in [0.25, 0.3) is 0 Å². The van der Waals surface area contributed by atoms with Gasteiger partial charge in [-0.3, -0.25) is 9.59 Å². The maximum Gasteiger partial charge on any atom is 0.227 e. The van der Waals surface area contributed by atoms with Crippen LogP contribution in [0.1, 0.15) is 6.42 Å². The first kappa shape index (κ1) is 10.6. The van der Waals surface area contributed by atoms with Crippen LogP contribution in [0.15, 0.2) is 24.3 Å². The third-order valence-corrected chi connectivity index (χ3v) is 2.67. The minimum atomic E-state index is -0.521. The van der Waals surface area contributed by atoms with Crippen molar-refractivity contribution in [3.8, 4) is 0 Å². The number of halogens is 1. The fourth-order valence-corrected chi connectivity index (χ4v) is 1.80. The summed E-state index contributed by atoms with van der Waals surface area (Å²) < 4.78 is 13.4. The lowest BCUT2D eigenvalue weighted by Crippen LogP contribution is -2.28. The van der Waals surface area contributed by atoms with Crippen LogP contribution in [-0.4, -0.2) is 18.4 Å². The van der Waals surface area contributed by atoms with Gasteiger partial charge in [0.05, 0.1) is 11.6 Å². The Morgan fingerprint density at radius 3 is 2.69 bits per heavy atom. The predicted octanol–water partition coefficient (Wildman–Crippen LogP) is 0.664. The Labute approximate surface area is 91.8 Å². The molecule has 84 valence electrons. The molecule has 0 aliphatic carbocycles. The summed E-state index contributed by atoms with van der Waals surface area (Å²) in [6.45, 7) is 0.162. The minimum absolute atomic E-state index is 0.0592. The summed E-state index contributed by atoms with van der Waals surface area (Å²) in [5, 5.41) is 0. The van der Waals surface area contributed by atoms with Crippen LogP contribution in [0.25, 0.3) is 0 Å². The van der Waals surface area contributed by atoms with E-state index in [0.717, 1.165) is 0 Å². The number of nitrogens with two attached hydrogens (primary N) is 1. The maximum absolute atomic E-state index is 13.4. The van der Waals surface area contributed by atoms with E-state index in [1.165, 1.54) is 17.0 Å². The van der Waals surface area contributed by atoms with E-state index in [4.69, 9.17) is 5.73 Å². The number of carbonyl (C=O) groups is 2. The fourth-order valence-electron chi connectivity index (χ4n) is 1.80. The molecular weight excluding hydrogens is 211 g/mol. The first-order chi connectivity index (χ1) is 7.59. The minimum Gasteiger partial charge on any atom is -0.369 e. The van der Waals surface area contributed by atoms with Gasteiger partial charge in [-0.1, -0.05) is 12.1 Å². The SMILES string of the molecule is NC(=O)C1CC(=O)N(c2ccccc2F)C1. The molecule has 0 saturated carbocycles. The lowest BCUT2D eigenvalue weighted by atomic mass is 10.1. The number of carbonyl (C=O) groups excluding carboxylic acids is 2. The zero-order valence-electron chi connectivity index (χ0n) is 8.52. The molecule has 1 unspecified atom stereocenters. The standard InChI is InChI=1S/C11H11FN2O2/c12-8-3-1-2-4-9(8)14-6-7(11(13)16)5-10(14)15/h1-4,7H,5-6H2,(H2,13,16). The topological polar surface area (TPSA) is 63.4 Å². The van der Waals surface area contributed by atoms with Crippen molar-refractivity contribution in [2.75, 3.05) is 11.4 Å². The van der Waals surface area contributed by atoms with Gasteiger partial charge in [0.1, 0.15) is 5.82 Å². The predicted molar refractivity (Wildman–Crippen MR) is 56.1 cm³/mol. The quantitative estimate of drug-likeness (QED) is 0.799. The van der Waals surface area contributed by atoms with Gasteiger partial charge in [0.15, 0.2) is 0 Å². The molecule has 2 amide bonds. The van der Waals surface area contributed by atoms with E-state index < -0.39 is 17.6 Å². The Kier molecular flexibility index (Phi) is 2.60. The Morgan fingerprint density at radius 2 is 2.12 bits per heavy atom. The van der Waals surface area contributed by atoms with Gasteiger partial charge in [-0.25, -0.2) is 4.39 Å². The summed E-state index contributed by atoms with van der Waals surface area (Å²) in [5.41, 5.74) is 5.33. The first-order valence-electron chi connectivity index (χ1n) is 4.94. The van der Waals surface area contributed by atoms with Gasteiger partial charge in [-0.15, -0.1) is 0 Å². The summed E-state index contributed by atoms with van der Waals surface area (Å²) in [5.74, 6) is -1.78. The molecule has 0 spiro atoms. The monoisotopic (exact) mass is 222 g/mol. The van der Waals surface area contributed by atoms with E-state index in [1.807, 2.05) is 0 Å². The lowest BCUT2D eigenvalue weighted by molar-refractivity contribution is -0.123. The summed E-state index contributed by atoms with van der Waals surface area (Å²) in [4.78, 5) is 23.8. The van der Waals surface area contributed by atoms with Crippen molar-refractivity contribution in [3.63, 3.8) is 0 Å². The number of hydrogen-bond acceptors (Lipinski definition) is 2. The highest BCUT2D eigenvalue weighted by atomic mass is 19.1. The van der Waals surface area contributed by atoms with Crippen molar-refractivity contribution in [1.29, 1.82) is 0 Å².